The Morgan fingerprint density at radius 1 is 1.42 bits per heavy atom. The number of hydrogen-bond donors (Lipinski definition) is 2. The second-order valence-electron chi connectivity index (χ2n) is 5.13. The van der Waals surface area contributed by atoms with Crippen LogP contribution in [0.15, 0.2) is 35.5 Å². The Balaban J connectivity index is 2.29. The Hall–Kier alpha value is -2.06. The van der Waals surface area contributed by atoms with Crippen LogP contribution in [0.2, 0.25) is 5.02 Å². The number of hydrogen-bond acceptors (Lipinski definition) is 5. The third-order valence-electron chi connectivity index (χ3n) is 3.54. The molecule has 2 rings (SSSR count). The molecule has 0 aliphatic heterocycles. The van der Waals surface area contributed by atoms with Gasteiger partial charge in [-0.25, -0.2) is 8.42 Å². The van der Waals surface area contributed by atoms with Gasteiger partial charge in [0.25, 0.3) is 0 Å². The van der Waals surface area contributed by atoms with Crippen LogP contribution in [-0.2, 0) is 14.6 Å². The molecule has 1 aromatic heterocycles. The van der Waals surface area contributed by atoms with E-state index in [2.05, 4.69) is 10.4 Å². The number of nitrogens with zero attached hydrogens (tertiary/aromatic N) is 2. The van der Waals surface area contributed by atoms with Gasteiger partial charge in [-0.2, -0.15) is 5.10 Å². The zero-order valence-electron chi connectivity index (χ0n) is 13.2. The number of anilines is 1. The predicted molar refractivity (Wildman–Crippen MR) is 91.0 cm³/mol. The maximum absolute atomic E-state index is 12.5. The number of halogens is 1. The number of phenolic OH excluding ortho intramolecular Hbond substituents is 1. The van der Waals surface area contributed by atoms with Gasteiger partial charge < -0.3 is 10.4 Å². The van der Waals surface area contributed by atoms with E-state index < -0.39 is 21.8 Å². The van der Waals surface area contributed by atoms with Crippen LogP contribution in [0, 0.1) is 0 Å². The lowest BCUT2D eigenvalue weighted by molar-refractivity contribution is -0.119. The monoisotopic (exact) mass is 371 g/mol. The molecule has 9 heteroatoms. The molecule has 0 aliphatic rings. The van der Waals surface area contributed by atoms with Gasteiger partial charge in [0.15, 0.2) is 9.84 Å². The molecule has 1 aromatic carbocycles. The molecule has 0 spiro atoms. The number of carbonyl (C=O) groups excluding carboxylic acids is 1. The summed E-state index contributed by atoms with van der Waals surface area (Å²) < 4.78 is 25.3. The summed E-state index contributed by atoms with van der Waals surface area (Å²) in [5.74, 6) is -0.723. The zero-order valence-corrected chi connectivity index (χ0v) is 14.8. The maximum Gasteiger partial charge on any atom is 0.249 e. The Labute approximate surface area is 145 Å². The Kier molecular flexibility index (Phi) is 5.51. The summed E-state index contributed by atoms with van der Waals surface area (Å²) in [6.07, 6.45) is 3.38. The molecule has 24 heavy (non-hydrogen) atoms. The van der Waals surface area contributed by atoms with Crippen molar-refractivity contribution in [3.8, 4) is 5.75 Å². The molecule has 7 nitrogen and oxygen atoms in total. The number of rotatable bonds is 6. The number of carbonyl (C=O) groups is 1. The summed E-state index contributed by atoms with van der Waals surface area (Å²) in [6, 6.07) is 3.15. The first kappa shape index (κ1) is 18.3. The quantitative estimate of drug-likeness (QED) is 0.760. The van der Waals surface area contributed by atoms with E-state index in [1.807, 2.05) is 0 Å². The van der Waals surface area contributed by atoms with E-state index in [4.69, 9.17) is 11.6 Å². The van der Waals surface area contributed by atoms with Gasteiger partial charge in [-0.05, 0) is 24.6 Å². The van der Waals surface area contributed by atoms with Crippen molar-refractivity contribution < 1.29 is 18.3 Å². The van der Waals surface area contributed by atoms with Gasteiger partial charge in [0, 0.05) is 6.20 Å². The van der Waals surface area contributed by atoms with Crippen molar-refractivity contribution in [3.63, 3.8) is 0 Å². The van der Waals surface area contributed by atoms with Crippen molar-refractivity contribution in [2.24, 2.45) is 0 Å². The predicted octanol–water partition coefficient (Wildman–Crippen LogP) is 2.63. The van der Waals surface area contributed by atoms with Crippen LogP contribution in [-0.4, -0.2) is 35.0 Å². The molecule has 1 heterocycles. The molecule has 0 saturated carbocycles. The third kappa shape index (κ3) is 3.88. The van der Waals surface area contributed by atoms with Gasteiger partial charge in [0.1, 0.15) is 11.8 Å². The highest BCUT2D eigenvalue weighted by Gasteiger charge is 2.22. The number of benzene rings is 1. The van der Waals surface area contributed by atoms with E-state index >= 15 is 0 Å². The minimum Gasteiger partial charge on any atom is -0.506 e. The first-order chi connectivity index (χ1) is 11.3. The van der Waals surface area contributed by atoms with Gasteiger partial charge in [-0.15, -0.1) is 0 Å². The van der Waals surface area contributed by atoms with Crippen molar-refractivity contribution in [1.29, 1.82) is 0 Å². The Morgan fingerprint density at radius 2 is 2.12 bits per heavy atom. The zero-order chi connectivity index (χ0) is 17.9. The summed E-state index contributed by atoms with van der Waals surface area (Å²) in [6.45, 7) is 3.33. The van der Waals surface area contributed by atoms with Crippen molar-refractivity contribution in [2.45, 2.75) is 31.2 Å². The average Bonchev–Trinajstić information content (AvgIpc) is 2.96. The highest BCUT2D eigenvalue weighted by atomic mass is 35.5. The van der Waals surface area contributed by atoms with Gasteiger partial charge in [-0.1, -0.05) is 25.4 Å². The first-order valence-electron chi connectivity index (χ1n) is 7.34. The molecule has 0 bridgehead atoms. The molecule has 0 radical (unpaired) electrons. The van der Waals surface area contributed by atoms with E-state index in [1.54, 1.807) is 6.92 Å². The number of nitrogens with one attached hydrogen (secondary N) is 1. The molecule has 0 unspecified atom stereocenters. The van der Waals surface area contributed by atoms with Crippen molar-refractivity contribution in [1.82, 2.24) is 9.78 Å². The third-order valence-corrected chi connectivity index (χ3v) is 5.47. The lowest BCUT2D eigenvalue weighted by Crippen LogP contribution is -2.26. The lowest BCUT2D eigenvalue weighted by atomic mass is 10.2. The molecule has 1 amide bonds. The van der Waals surface area contributed by atoms with E-state index in [1.165, 1.54) is 42.2 Å². The maximum atomic E-state index is 12.5. The van der Waals surface area contributed by atoms with Gasteiger partial charge in [0.05, 0.1) is 27.6 Å². The summed E-state index contributed by atoms with van der Waals surface area (Å²) >= 11 is 5.82. The number of sulfone groups is 1. The highest BCUT2D eigenvalue weighted by molar-refractivity contribution is 7.91. The fraction of sp³-hybridized carbons (Fsp3) is 0.333. The van der Waals surface area contributed by atoms with Crippen LogP contribution < -0.4 is 5.32 Å². The van der Waals surface area contributed by atoms with Crippen LogP contribution in [0.1, 0.15) is 26.3 Å². The first-order valence-corrected chi connectivity index (χ1v) is 9.37. The normalized spacial score (nSPS) is 12.8. The lowest BCUT2D eigenvalue weighted by Gasteiger charge is -2.16. The molecular weight excluding hydrogens is 354 g/mol. The highest BCUT2D eigenvalue weighted by Crippen LogP contribution is 2.28. The second kappa shape index (κ2) is 7.23. The minimum absolute atomic E-state index is 0.0335. The molecule has 0 saturated heterocycles. The van der Waals surface area contributed by atoms with E-state index in [0.29, 0.717) is 11.4 Å². The molecule has 2 N–H and O–H groups in total. The molecule has 1 atom stereocenters. The van der Waals surface area contributed by atoms with Crippen LogP contribution in [0.3, 0.4) is 0 Å². The summed E-state index contributed by atoms with van der Waals surface area (Å²) in [7, 11) is -3.45. The van der Waals surface area contributed by atoms with Gasteiger partial charge >= 0.3 is 0 Å². The van der Waals surface area contributed by atoms with Crippen molar-refractivity contribution in [3.05, 3.63) is 35.6 Å². The number of aromatic nitrogens is 2. The second-order valence-corrected chi connectivity index (χ2v) is 7.85. The summed E-state index contributed by atoms with van der Waals surface area (Å²) in [5.41, 5.74) is 0.0335. The van der Waals surface area contributed by atoms with Crippen LogP contribution in [0.4, 0.5) is 5.69 Å². The number of phenols is 1. The SMILES string of the molecule is CC[C@H](C(=O)Nc1cc(S(=O)(=O)CC)ccc1O)n1cc(Cl)cn1. The topological polar surface area (TPSA) is 101 Å². The summed E-state index contributed by atoms with van der Waals surface area (Å²) in [4.78, 5) is 12.5. The smallest absolute Gasteiger partial charge is 0.249 e. The fourth-order valence-electron chi connectivity index (χ4n) is 2.17. The van der Waals surface area contributed by atoms with Crippen molar-refractivity contribution >= 4 is 33.0 Å². The van der Waals surface area contributed by atoms with Crippen LogP contribution in [0.5, 0.6) is 5.75 Å². The molecule has 0 aliphatic carbocycles. The number of amides is 1. The standard InChI is InChI=1S/C15H18ClN3O4S/c1-3-13(19-9-10(16)8-17-19)15(21)18-12-7-11(5-6-14(12)20)24(22,23)4-2/h5-9,13,20H,3-4H2,1-2H3,(H,18,21)/t13-/m1/s1. The molecule has 130 valence electrons. The van der Waals surface area contributed by atoms with E-state index in [-0.39, 0.29) is 22.1 Å². The Morgan fingerprint density at radius 3 is 2.67 bits per heavy atom. The fourth-order valence-corrected chi connectivity index (χ4v) is 3.22. The van der Waals surface area contributed by atoms with E-state index in [9.17, 15) is 18.3 Å². The van der Waals surface area contributed by atoms with Crippen LogP contribution >= 0.6 is 11.6 Å². The molecular formula is C15H18ClN3O4S. The van der Waals surface area contributed by atoms with Crippen molar-refractivity contribution in [2.75, 3.05) is 11.1 Å². The van der Waals surface area contributed by atoms with Gasteiger partial charge in [-0.3, -0.25) is 9.48 Å². The van der Waals surface area contributed by atoms with Gasteiger partial charge in [0.2, 0.25) is 5.91 Å². The molecule has 0 fully saturated rings. The minimum atomic E-state index is -3.45. The number of aromatic hydroxyl groups is 1. The largest absolute Gasteiger partial charge is 0.506 e. The Bertz CT molecular complexity index is 848. The summed E-state index contributed by atoms with van der Waals surface area (Å²) in [5, 5.41) is 16.9. The average molecular weight is 372 g/mol. The van der Waals surface area contributed by atoms with E-state index in [0.717, 1.165) is 0 Å². The van der Waals surface area contributed by atoms with Crippen LogP contribution in [0.25, 0.3) is 0 Å². The molecule has 2 aromatic rings.